The molecule has 8 heteroatoms. The highest BCUT2D eigenvalue weighted by atomic mass is 35.5. The predicted octanol–water partition coefficient (Wildman–Crippen LogP) is 2.91. The van der Waals surface area contributed by atoms with E-state index in [1.165, 1.54) is 33.8 Å². The van der Waals surface area contributed by atoms with Crippen LogP contribution < -0.4 is 0 Å². The molecule has 1 aliphatic heterocycles. The molecule has 1 aliphatic rings. The molecule has 1 aromatic carbocycles. The Morgan fingerprint density at radius 1 is 1.32 bits per heavy atom. The zero-order valence-electron chi connectivity index (χ0n) is 13.6. The highest BCUT2D eigenvalue weighted by Crippen LogP contribution is 2.27. The third-order valence-corrected chi connectivity index (χ3v) is 4.70. The Bertz CT molecular complexity index is 819. The number of halogens is 2. The van der Waals surface area contributed by atoms with Crippen LogP contribution in [0.5, 0.6) is 0 Å². The van der Waals surface area contributed by atoms with Gasteiger partial charge in [0.15, 0.2) is 0 Å². The second-order valence-corrected chi connectivity index (χ2v) is 6.43. The maximum atomic E-state index is 13.1. The quantitative estimate of drug-likeness (QED) is 0.907. The number of hydrogen-bond acceptors (Lipinski definition) is 3. The largest absolute Gasteiger partial charge is 0.481 e. The normalized spacial score (nSPS) is 17.6. The van der Waals surface area contributed by atoms with Gasteiger partial charge in [0.05, 0.1) is 22.9 Å². The maximum Gasteiger partial charge on any atom is 0.308 e. The third kappa shape index (κ3) is 3.37. The van der Waals surface area contributed by atoms with Crippen LogP contribution in [-0.4, -0.2) is 44.8 Å². The first kappa shape index (κ1) is 17.4. The number of carboxylic acid groups (broad SMARTS) is 1. The fourth-order valence-electron chi connectivity index (χ4n) is 3.02. The van der Waals surface area contributed by atoms with Gasteiger partial charge < -0.3 is 10.0 Å². The average molecular weight is 366 g/mol. The zero-order valence-corrected chi connectivity index (χ0v) is 14.3. The van der Waals surface area contributed by atoms with Gasteiger partial charge in [0, 0.05) is 13.1 Å². The minimum absolute atomic E-state index is 0.131. The van der Waals surface area contributed by atoms with Gasteiger partial charge in [-0.2, -0.15) is 5.10 Å². The summed E-state index contributed by atoms with van der Waals surface area (Å²) in [4.78, 5) is 25.5. The molecule has 1 saturated heterocycles. The van der Waals surface area contributed by atoms with Gasteiger partial charge in [0.2, 0.25) is 0 Å². The van der Waals surface area contributed by atoms with Crippen molar-refractivity contribution in [2.75, 3.05) is 13.1 Å². The predicted molar refractivity (Wildman–Crippen MR) is 89.5 cm³/mol. The van der Waals surface area contributed by atoms with E-state index in [9.17, 15) is 19.1 Å². The molecule has 0 spiro atoms. The molecular formula is C17H17ClFN3O3. The van der Waals surface area contributed by atoms with Crippen molar-refractivity contribution in [3.8, 4) is 5.69 Å². The van der Waals surface area contributed by atoms with E-state index >= 15 is 0 Å². The summed E-state index contributed by atoms with van der Waals surface area (Å²) in [6.45, 7) is 2.31. The Morgan fingerprint density at radius 3 is 2.64 bits per heavy atom. The summed E-state index contributed by atoms with van der Waals surface area (Å²) in [5, 5.41) is 13.6. The number of aliphatic carboxylic acids is 1. The van der Waals surface area contributed by atoms with Crippen LogP contribution in [0.25, 0.3) is 5.69 Å². The number of carbonyl (C=O) groups excluding carboxylic acids is 1. The van der Waals surface area contributed by atoms with Crippen molar-refractivity contribution in [1.82, 2.24) is 14.7 Å². The van der Waals surface area contributed by atoms with Crippen molar-refractivity contribution in [3.05, 3.63) is 46.5 Å². The van der Waals surface area contributed by atoms with Crippen LogP contribution in [0, 0.1) is 18.7 Å². The van der Waals surface area contributed by atoms with Gasteiger partial charge in [-0.1, -0.05) is 11.6 Å². The van der Waals surface area contributed by atoms with E-state index in [0.717, 1.165) is 0 Å². The lowest BCUT2D eigenvalue weighted by Gasteiger charge is -2.30. The molecule has 25 heavy (non-hydrogen) atoms. The Balaban J connectivity index is 1.91. The van der Waals surface area contributed by atoms with E-state index in [2.05, 4.69) is 5.10 Å². The molecule has 1 fully saturated rings. The highest BCUT2D eigenvalue weighted by molar-refractivity contribution is 6.33. The summed E-state index contributed by atoms with van der Waals surface area (Å²) in [6.07, 6.45) is 1.19. The molecule has 0 radical (unpaired) electrons. The molecule has 1 amide bonds. The average Bonchev–Trinajstić information content (AvgIpc) is 2.89. The summed E-state index contributed by atoms with van der Waals surface area (Å²) in [5.41, 5.74) is 1.23. The van der Waals surface area contributed by atoms with Crippen LogP contribution in [0.1, 0.15) is 28.9 Å². The molecule has 0 saturated carbocycles. The van der Waals surface area contributed by atoms with Gasteiger partial charge in [-0.15, -0.1) is 0 Å². The lowest BCUT2D eigenvalue weighted by molar-refractivity contribution is -0.143. The van der Waals surface area contributed by atoms with E-state index in [1.807, 2.05) is 0 Å². The topological polar surface area (TPSA) is 75.4 Å². The summed E-state index contributed by atoms with van der Waals surface area (Å²) in [5.74, 6) is -2.18. The molecule has 0 aliphatic carbocycles. The fourth-order valence-corrected chi connectivity index (χ4v) is 3.37. The van der Waals surface area contributed by atoms with Crippen LogP contribution in [0.3, 0.4) is 0 Å². The molecule has 2 aromatic rings. The SMILES string of the molecule is Cc1nn(-c2ccc(F)cc2)c(Cl)c1C(=O)N1CCC[C@@H](C(=O)O)C1. The molecule has 1 atom stereocenters. The van der Waals surface area contributed by atoms with E-state index in [0.29, 0.717) is 30.8 Å². The van der Waals surface area contributed by atoms with Gasteiger partial charge in [-0.25, -0.2) is 9.07 Å². The molecule has 1 aromatic heterocycles. The Kier molecular flexibility index (Phi) is 4.76. The van der Waals surface area contributed by atoms with Crippen molar-refractivity contribution >= 4 is 23.5 Å². The first-order chi connectivity index (χ1) is 11.9. The van der Waals surface area contributed by atoms with Crippen molar-refractivity contribution < 1.29 is 19.1 Å². The zero-order chi connectivity index (χ0) is 18.1. The fraction of sp³-hybridized carbons (Fsp3) is 0.353. The number of piperidine rings is 1. The molecule has 3 rings (SSSR count). The van der Waals surface area contributed by atoms with Gasteiger partial charge >= 0.3 is 5.97 Å². The van der Waals surface area contributed by atoms with Crippen LogP contribution in [0.4, 0.5) is 4.39 Å². The maximum absolute atomic E-state index is 13.1. The Hall–Kier alpha value is -2.41. The first-order valence-electron chi connectivity index (χ1n) is 7.91. The van der Waals surface area contributed by atoms with Crippen molar-refractivity contribution in [3.63, 3.8) is 0 Å². The van der Waals surface area contributed by atoms with Crippen LogP contribution >= 0.6 is 11.6 Å². The van der Waals surface area contributed by atoms with E-state index in [1.54, 1.807) is 6.92 Å². The van der Waals surface area contributed by atoms with Crippen molar-refractivity contribution in [1.29, 1.82) is 0 Å². The molecule has 2 heterocycles. The molecule has 0 unspecified atom stereocenters. The number of likely N-dealkylation sites (tertiary alicyclic amines) is 1. The number of aryl methyl sites for hydroxylation is 1. The lowest BCUT2D eigenvalue weighted by atomic mass is 9.98. The van der Waals surface area contributed by atoms with E-state index in [-0.39, 0.29) is 29.0 Å². The summed E-state index contributed by atoms with van der Waals surface area (Å²) in [7, 11) is 0. The summed E-state index contributed by atoms with van der Waals surface area (Å²) < 4.78 is 14.5. The third-order valence-electron chi connectivity index (χ3n) is 4.35. The number of aromatic nitrogens is 2. The van der Waals surface area contributed by atoms with Gasteiger partial charge in [0.1, 0.15) is 11.0 Å². The number of amides is 1. The first-order valence-corrected chi connectivity index (χ1v) is 8.29. The number of rotatable bonds is 3. The Morgan fingerprint density at radius 2 is 2.00 bits per heavy atom. The number of carbonyl (C=O) groups is 2. The molecular weight excluding hydrogens is 349 g/mol. The number of hydrogen-bond donors (Lipinski definition) is 1. The summed E-state index contributed by atoms with van der Waals surface area (Å²) >= 11 is 6.36. The van der Waals surface area contributed by atoms with Crippen molar-refractivity contribution in [2.45, 2.75) is 19.8 Å². The number of nitrogens with zero attached hydrogens (tertiary/aromatic N) is 3. The van der Waals surface area contributed by atoms with Crippen LogP contribution in [0.15, 0.2) is 24.3 Å². The van der Waals surface area contributed by atoms with Gasteiger partial charge in [-0.3, -0.25) is 9.59 Å². The Labute approximate surface area is 148 Å². The second kappa shape index (κ2) is 6.84. The van der Waals surface area contributed by atoms with Gasteiger partial charge in [-0.05, 0) is 44.0 Å². The van der Waals surface area contributed by atoms with Gasteiger partial charge in [0.25, 0.3) is 5.91 Å². The molecule has 1 N–H and O–H groups in total. The van der Waals surface area contributed by atoms with Crippen molar-refractivity contribution in [2.24, 2.45) is 5.92 Å². The van der Waals surface area contributed by atoms with E-state index < -0.39 is 11.9 Å². The minimum Gasteiger partial charge on any atom is -0.481 e. The standard InChI is InChI=1S/C17H17ClFN3O3/c1-10-14(16(23)21-8-2-3-11(9-21)17(24)25)15(18)22(20-10)13-6-4-12(19)5-7-13/h4-7,11H,2-3,8-9H2,1H3,(H,24,25)/t11-/m1/s1. The van der Waals surface area contributed by atoms with Crippen LogP contribution in [-0.2, 0) is 4.79 Å². The number of carboxylic acids is 1. The molecule has 132 valence electrons. The summed E-state index contributed by atoms with van der Waals surface area (Å²) in [6, 6.07) is 5.60. The van der Waals surface area contributed by atoms with Crippen LogP contribution in [0.2, 0.25) is 5.15 Å². The number of benzene rings is 1. The van der Waals surface area contributed by atoms with E-state index in [4.69, 9.17) is 11.6 Å². The minimum atomic E-state index is -0.901. The smallest absolute Gasteiger partial charge is 0.308 e. The highest BCUT2D eigenvalue weighted by Gasteiger charge is 2.31. The monoisotopic (exact) mass is 365 g/mol. The molecule has 0 bridgehead atoms. The lowest BCUT2D eigenvalue weighted by Crippen LogP contribution is -2.42. The molecule has 6 nitrogen and oxygen atoms in total. The second-order valence-electron chi connectivity index (χ2n) is 6.07.